The minimum Gasteiger partial charge on any atom is -0.322 e. The Kier molecular flexibility index (Phi) is 5.76. The first-order valence-electron chi connectivity index (χ1n) is 8.74. The fourth-order valence-corrected chi connectivity index (χ4v) is 4.68. The summed E-state index contributed by atoms with van der Waals surface area (Å²) < 4.78 is 67.3. The average molecular weight is 412 g/mol. The van der Waals surface area contributed by atoms with Crippen LogP contribution in [0.15, 0.2) is 41.3 Å². The van der Waals surface area contributed by atoms with Crippen LogP contribution in [0.1, 0.15) is 36.0 Å². The van der Waals surface area contributed by atoms with Crippen molar-refractivity contribution in [3.05, 3.63) is 59.4 Å². The lowest BCUT2D eigenvalue weighted by atomic mass is 10.2. The molecule has 1 saturated carbocycles. The van der Waals surface area contributed by atoms with Gasteiger partial charge in [0.05, 0.1) is 10.5 Å². The average Bonchev–Trinajstić information content (AvgIpc) is 3.18. The predicted octanol–water partition coefficient (Wildman–Crippen LogP) is 3.92. The number of nitrogens with zero attached hydrogens (tertiary/aromatic N) is 1. The second-order valence-electron chi connectivity index (χ2n) is 6.68. The molecule has 150 valence electrons. The molecule has 1 fully saturated rings. The maximum atomic E-state index is 14.2. The molecule has 28 heavy (non-hydrogen) atoms. The van der Waals surface area contributed by atoms with Crippen molar-refractivity contribution in [1.82, 2.24) is 4.31 Å². The monoisotopic (exact) mass is 412 g/mol. The van der Waals surface area contributed by atoms with Crippen LogP contribution in [0.25, 0.3) is 0 Å². The minimum absolute atomic E-state index is 0.0837. The fourth-order valence-electron chi connectivity index (χ4n) is 3.24. The van der Waals surface area contributed by atoms with Crippen molar-refractivity contribution in [3.63, 3.8) is 0 Å². The summed E-state index contributed by atoms with van der Waals surface area (Å²) in [6.45, 7) is 0. The number of halogens is 3. The molecule has 9 heteroatoms. The quantitative estimate of drug-likeness (QED) is 0.810. The van der Waals surface area contributed by atoms with E-state index in [4.69, 9.17) is 0 Å². The van der Waals surface area contributed by atoms with Gasteiger partial charge in [0.2, 0.25) is 10.0 Å². The van der Waals surface area contributed by atoms with Crippen LogP contribution in [0, 0.1) is 17.5 Å². The highest BCUT2D eigenvalue weighted by Crippen LogP contribution is 2.28. The van der Waals surface area contributed by atoms with Crippen LogP contribution in [0.4, 0.5) is 18.9 Å². The maximum absolute atomic E-state index is 14.2. The number of benzene rings is 2. The Balaban J connectivity index is 1.88. The highest BCUT2D eigenvalue weighted by molar-refractivity contribution is 7.89. The lowest BCUT2D eigenvalue weighted by Gasteiger charge is -2.23. The Morgan fingerprint density at radius 1 is 1.00 bits per heavy atom. The first kappa shape index (κ1) is 20.3. The van der Waals surface area contributed by atoms with Crippen LogP contribution in [0.3, 0.4) is 0 Å². The van der Waals surface area contributed by atoms with Crippen molar-refractivity contribution < 1.29 is 26.4 Å². The van der Waals surface area contributed by atoms with Crippen LogP contribution in [-0.4, -0.2) is 31.7 Å². The van der Waals surface area contributed by atoms with Gasteiger partial charge < -0.3 is 5.32 Å². The number of amides is 1. The Bertz CT molecular complexity index is 1010. The number of hydrogen-bond donors (Lipinski definition) is 1. The van der Waals surface area contributed by atoms with Crippen molar-refractivity contribution in [1.29, 1.82) is 0 Å². The van der Waals surface area contributed by atoms with Gasteiger partial charge in [-0.15, -0.1) is 0 Å². The molecule has 0 atom stereocenters. The third-order valence-electron chi connectivity index (χ3n) is 4.88. The zero-order chi connectivity index (χ0) is 20.5. The Morgan fingerprint density at radius 3 is 2.29 bits per heavy atom. The Morgan fingerprint density at radius 2 is 1.64 bits per heavy atom. The largest absolute Gasteiger partial charge is 0.322 e. The van der Waals surface area contributed by atoms with Crippen LogP contribution >= 0.6 is 0 Å². The highest BCUT2D eigenvalue weighted by Gasteiger charge is 2.31. The van der Waals surface area contributed by atoms with Gasteiger partial charge in [-0.05, 0) is 43.2 Å². The van der Waals surface area contributed by atoms with E-state index in [1.54, 1.807) is 0 Å². The number of rotatable bonds is 5. The lowest BCUT2D eigenvalue weighted by Crippen LogP contribution is -2.35. The Hall–Kier alpha value is -2.39. The van der Waals surface area contributed by atoms with E-state index >= 15 is 0 Å². The SMILES string of the molecule is CN(C1CCCC1)S(=O)(=O)c1ccc(F)c(C(=O)Nc2ccc(F)c(F)c2)c1. The van der Waals surface area contributed by atoms with E-state index in [-0.39, 0.29) is 16.6 Å². The van der Waals surface area contributed by atoms with Crippen molar-refractivity contribution in [3.8, 4) is 0 Å². The smallest absolute Gasteiger partial charge is 0.258 e. The summed E-state index contributed by atoms with van der Waals surface area (Å²) in [4.78, 5) is 12.2. The maximum Gasteiger partial charge on any atom is 0.258 e. The summed E-state index contributed by atoms with van der Waals surface area (Å²) in [7, 11) is -2.44. The van der Waals surface area contributed by atoms with Gasteiger partial charge in [0.15, 0.2) is 11.6 Å². The third-order valence-corrected chi connectivity index (χ3v) is 6.78. The molecule has 0 aliphatic heterocycles. The van der Waals surface area contributed by atoms with Crippen LogP contribution < -0.4 is 5.32 Å². The summed E-state index contributed by atoms with van der Waals surface area (Å²) in [5, 5.41) is 2.24. The fraction of sp³-hybridized carbons (Fsp3) is 0.316. The molecule has 0 unspecified atom stereocenters. The zero-order valence-electron chi connectivity index (χ0n) is 15.1. The van der Waals surface area contributed by atoms with Gasteiger partial charge in [-0.1, -0.05) is 12.8 Å². The molecule has 0 saturated heterocycles. The molecule has 2 aromatic carbocycles. The van der Waals surface area contributed by atoms with E-state index in [0.717, 1.165) is 62.1 Å². The molecule has 0 bridgehead atoms. The molecule has 1 aliphatic carbocycles. The summed E-state index contributed by atoms with van der Waals surface area (Å²) in [6.07, 6.45) is 3.38. The number of carbonyl (C=O) groups is 1. The van der Waals surface area contributed by atoms with E-state index in [2.05, 4.69) is 5.32 Å². The van der Waals surface area contributed by atoms with Gasteiger partial charge in [0.1, 0.15) is 5.82 Å². The molecule has 0 heterocycles. The minimum atomic E-state index is -3.90. The molecule has 5 nitrogen and oxygen atoms in total. The van der Waals surface area contributed by atoms with Crippen molar-refractivity contribution in [2.24, 2.45) is 0 Å². The normalized spacial score (nSPS) is 15.2. The number of carbonyl (C=O) groups excluding carboxylic acids is 1. The Labute approximate surface area is 161 Å². The molecule has 1 N–H and O–H groups in total. The topological polar surface area (TPSA) is 66.5 Å². The van der Waals surface area contributed by atoms with E-state index in [1.807, 2.05) is 0 Å². The van der Waals surface area contributed by atoms with Gasteiger partial charge in [0, 0.05) is 24.8 Å². The first-order valence-corrected chi connectivity index (χ1v) is 10.2. The molecule has 0 radical (unpaired) electrons. The first-order chi connectivity index (χ1) is 13.2. The molecule has 0 spiro atoms. The van der Waals surface area contributed by atoms with Gasteiger partial charge in [0.25, 0.3) is 5.91 Å². The van der Waals surface area contributed by atoms with Crippen molar-refractivity contribution in [2.75, 3.05) is 12.4 Å². The van der Waals surface area contributed by atoms with Crippen LogP contribution in [-0.2, 0) is 10.0 Å². The molecular formula is C19H19F3N2O3S. The number of nitrogens with one attached hydrogen (secondary N) is 1. The number of hydrogen-bond acceptors (Lipinski definition) is 3. The summed E-state index contributed by atoms with van der Waals surface area (Å²) in [5.41, 5.74) is -0.592. The van der Waals surface area contributed by atoms with Crippen LogP contribution in [0.2, 0.25) is 0 Å². The summed E-state index contributed by atoms with van der Waals surface area (Å²) in [6, 6.07) is 5.50. The van der Waals surface area contributed by atoms with E-state index in [9.17, 15) is 26.4 Å². The highest BCUT2D eigenvalue weighted by atomic mass is 32.2. The standard InChI is InChI=1S/C19H19F3N2O3S/c1-24(13-4-2-3-5-13)28(26,27)14-7-9-16(20)15(11-14)19(25)23-12-6-8-17(21)18(22)10-12/h6-11,13H,2-5H2,1H3,(H,23,25). The molecular weight excluding hydrogens is 393 g/mol. The zero-order valence-corrected chi connectivity index (χ0v) is 15.9. The second kappa shape index (κ2) is 7.92. The molecule has 0 aromatic heterocycles. The van der Waals surface area contributed by atoms with Gasteiger partial charge in [-0.25, -0.2) is 21.6 Å². The number of sulfonamides is 1. The molecule has 1 aliphatic rings. The predicted molar refractivity (Wildman–Crippen MR) is 97.9 cm³/mol. The second-order valence-corrected chi connectivity index (χ2v) is 8.68. The molecule has 3 rings (SSSR count). The third kappa shape index (κ3) is 4.05. The number of anilines is 1. The van der Waals surface area contributed by atoms with E-state index in [1.165, 1.54) is 11.4 Å². The molecule has 2 aromatic rings. The molecule has 1 amide bonds. The van der Waals surface area contributed by atoms with Crippen LogP contribution in [0.5, 0.6) is 0 Å². The van der Waals surface area contributed by atoms with Crippen molar-refractivity contribution >= 4 is 21.6 Å². The van der Waals surface area contributed by atoms with Crippen molar-refractivity contribution in [2.45, 2.75) is 36.6 Å². The van der Waals surface area contributed by atoms with E-state index in [0.29, 0.717) is 0 Å². The van der Waals surface area contributed by atoms with E-state index < -0.39 is 38.9 Å². The lowest BCUT2D eigenvalue weighted by molar-refractivity contribution is 0.102. The summed E-state index contributed by atoms with van der Waals surface area (Å²) in [5.74, 6) is -4.16. The summed E-state index contributed by atoms with van der Waals surface area (Å²) >= 11 is 0. The van der Waals surface area contributed by atoms with Gasteiger partial charge in [-0.2, -0.15) is 4.31 Å². The van der Waals surface area contributed by atoms with Gasteiger partial charge in [-0.3, -0.25) is 4.79 Å². The van der Waals surface area contributed by atoms with Gasteiger partial charge >= 0.3 is 0 Å².